The quantitative estimate of drug-likeness (QED) is 0.582. The lowest BCUT2D eigenvalue weighted by Gasteiger charge is -2.08. The zero-order chi connectivity index (χ0) is 11.3. The molecular weight excluding hydrogens is 228 g/mol. The summed E-state index contributed by atoms with van der Waals surface area (Å²) in [4.78, 5) is 12.5. The maximum Gasteiger partial charge on any atom is 0.151 e. The maximum absolute atomic E-state index is 11.3. The fourth-order valence-corrected chi connectivity index (χ4v) is 2.05. The highest BCUT2D eigenvalue weighted by atomic mass is 35.5. The summed E-state index contributed by atoms with van der Waals surface area (Å²) >= 11 is 7.22. The molecule has 82 valence electrons. The summed E-state index contributed by atoms with van der Waals surface area (Å²) in [5, 5.41) is 0. The van der Waals surface area contributed by atoms with Gasteiger partial charge in [0, 0.05) is 11.3 Å². The number of carbonyl (C=O) groups excluding carboxylic acids is 1. The van der Waals surface area contributed by atoms with Gasteiger partial charge in [-0.3, -0.25) is 4.79 Å². The molecule has 0 aliphatic carbocycles. The van der Waals surface area contributed by atoms with E-state index in [9.17, 15) is 4.79 Å². The number of Topliss-reactive ketones (excluding diaryl/α,β-unsaturated/α-hetero) is 1. The molecule has 0 aromatic heterocycles. The summed E-state index contributed by atoms with van der Waals surface area (Å²) < 4.78 is 0. The average molecular weight is 243 g/mol. The lowest BCUT2D eigenvalue weighted by atomic mass is 10.0. The number of hydrogen-bond acceptors (Lipinski definition) is 2. The standard InChI is InChI=1S/C12H15ClOS/c1-3-9-7-12(15-2)5-4-10(9)6-11(14)8-13/h4-5,7H,3,6,8H2,1-2H3. The van der Waals surface area contributed by atoms with Gasteiger partial charge in [0.1, 0.15) is 0 Å². The molecule has 0 saturated heterocycles. The number of aryl methyl sites for hydroxylation is 1. The molecule has 1 aromatic rings. The van der Waals surface area contributed by atoms with Crippen molar-refractivity contribution in [3.63, 3.8) is 0 Å². The Morgan fingerprint density at radius 1 is 1.40 bits per heavy atom. The number of alkyl halides is 1. The number of thioether (sulfide) groups is 1. The fraction of sp³-hybridized carbons (Fsp3) is 0.417. The van der Waals surface area contributed by atoms with Crippen LogP contribution in [0.25, 0.3) is 0 Å². The number of halogens is 1. The molecule has 0 saturated carbocycles. The van der Waals surface area contributed by atoms with Crippen molar-refractivity contribution in [1.82, 2.24) is 0 Å². The minimum absolute atomic E-state index is 0.0864. The topological polar surface area (TPSA) is 17.1 Å². The molecule has 0 aliphatic heterocycles. The van der Waals surface area contributed by atoms with Gasteiger partial charge in [-0.25, -0.2) is 0 Å². The van der Waals surface area contributed by atoms with Gasteiger partial charge < -0.3 is 0 Å². The smallest absolute Gasteiger partial charge is 0.151 e. The highest BCUT2D eigenvalue weighted by molar-refractivity contribution is 7.98. The van der Waals surface area contributed by atoms with Gasteiger partial charge in [-0.05, 0) is 35.9 Å². The predicted octanol–water partition coefficient (Wildman–Crippen LogP) is 3.32. The molecule has 0 unspecified atom stereocenters. The Labute approximate surface area is 100 Å². The first-order valence-electron chi connectivity index (χ1n) is 4.94. The van der Waals surface area contributed by atoms with Crippen molar-refractivity contribution in [3.05, 3.63) is 29.3 Å². The number of carbonyl (C=O) groups is 1. The van der Waals surface area contributed by atoms with Gasteiger partial charge >= 0.3 is 0 Å². The van der Waals surface area contributed by atoms with Crippen LogP contribution in [0, 0.1) is 0 Å². The fourth-order valence-electron chi connectivity index (χ4n) is 1.49. The molecule has 0 N–H and O–H groups in total. The van der Waals surface area contributed by atoms with E-state index in [2.05, 4.69) is 25.3 Å². The van der Waals surface area contributed by atoms with Crippen LogP contribution in [0.1, 0.15) is 18.1 Å². The van der Waals surface area contributed by atoms with Crippen LogP contribution >= 0.6 is 23.4 Å². The SMILES string of the molecule is CCc1cc(SC)ccc1CC(=O)CCl. The molecular formula is C12H15ClOS. The van der Waals surface area contributed by atoms with E-state index >= 15 is 0 Å². The third-order valence-corrected chi connectivity index (χ3v) is 3.35. The molecule has 0 atom stereocenters. The summed E-state index contributed by atoms with van der Waals surface area (Å²) in [5.41, 5.74) is 2.36. The monoisotopic (exact) mass is 242 g/mol. The van der Waals surface area contributed by atoms with E-state index in [-0.39, 0.29) is 11.7 Å². The molecule has 0 heterocycles. The Kier molecular flexibility index (Phi) is 5.20. The summed E-state index contributed by atoms with van der Waals surface area (Å²) in [6, 6.07) is 6.25. The van der Waals surface area contributed by atoms with Gasteiger partial charge in [-0.15, -0.1) is 23.4 Å². The van der Waals surface area contributed by atoms with Crippen LogP contribution in [0.3, 0.4) is 0 Å². The van der Waals surface area contributed by atoms with Crippen molar-refractivity contribution in [2.24, 2.45) is 0 Å². The first kappa shape index (κ1) is 12.6. The van der Waals surface area contributed by atoms with E-state index in [1.54, 1.807) is 11.8 Å². The molecule has 0 aliphatic rings. The zero-order valence-electron chi connectivity index (χ0n) is 9.05. The van der Waals surface area contributed by atoms with Gasteiger partial charge in [0.25, 0.3) is 0 Å². The minimum atomic E-state index is 0.0864. The van der Waals surface area contributed by atoms with Crippen LogP contribution in [-0.4, -0.2) is 17.9 Å². The van der Waals surface area contributed by atoms with Crippen LogP contribution in [0.15, 0.2) is 23.1 Å². The van der Waals surface area contributed by atoms with Crippen LogP contribution in [0.2, 0.25) is 0 Å². The summed E-state index contributed by atoms with van der Waals surface area (Å²) in [6.07, 6.45) is 3.47. The zero-order valence-corrected chi connectivity index (χ0v) is 10.6. The summed E-state index contributed by atoms with van der Waals surface area (Å²) in [6.45, 7) is 2.11. The second-order valence-electron chi connectivity index (χ2n) is 3.34. The van der Waals surface area contributed by atoms with E-state index in [1.807, 2.05) is 6.07 Å². The molecule has 15 heavy (non-hydrogen) atoms. The molecule has 0 spiro atoms. The van der Waals surface area contributed by atoms with Crippen molar-refractivity contribution in [2.45, 2.75) is 24.7 Å². The van der Waals surface area contributed by atoms with Crippen molar-refractivity contribution < 1.29 is 4.79 Å². The molecule has 0 amide bonds. The number of benzene rings is 1. The minimum Gasteiger partial charge on any atom is -0.298 e. The Hall–Kier alpha value is -0.470. The van der Waals surface area contributed by atoms with Gasteiger partial charge in [0.2, 0.25) is 0 Å². The molecule has 0 fully saturated rings. The second kappa shape index (κ2) is 6.19. The highest BCUT2D eigenvalue weighted by Gasteiger charge is 2.06. The van der Waals surface area contributed by atoms with Crippen molar-refractivity contribution in [2.75, 3.05) is 12.1 Å². The lowest BCUT2D eigenvalue weighted by molar-refractivity contribution is -0.116. The Balaban J connectivity index is 2.92. The van der Waals surface area contributed by atoms with Crippen LogP contribution in [0.4, 0.5) is 0 Å². The average Bonchev–Trinajstić information content (AvgIpc) is 2.29. The van der Waals surface area contributed by atoms with Crippen LogP contribution in [0.5, 0.6) is 0 Å². The van der Waals surface area contributed by atoms with E-state index in [0.717, 1.165) is 12.0 Å². The number of hydrogen-bond donors (Lipinski definition) is 0. The molecule has 0 radical (unpaired) electrons. The molecule has 0 bridgehead atoms. The second-order valence-corrected chi connectivity index (χ2v) is 4.48. The van der Waals surface area contributed by atoms with Crippen molar-refractivity contribution in [3.8, 4) is 0 Å². The van der Waals surface area contributed by atoms with E-state index in [1.165, 1.54) is 10.5 Å². The van der Waals surface area contributed by atoms with Crippen molar-refractivity contribution in [1.29, 1.82) is 0 Å². The maximum atomic E-state index is 11.3. The molecule has 1 aromatic carbocycles. The lowest BCUT2D eigenvalue weighted by Crippen LogP contribution is -2.06. The van der Waals surface area contributed by atoms with Crippen LogP contribution in [-0.2, 0) is 17.6 Å². The molecule has 3 heteroatoms. The molecule has 1 nitrogen and oxygen atoms in total. The summed E-state index contributed by atoms with van der Waals surface area (Å²) in [7, 11) is 0. The Morgan fingerprint density at radius 2 is 2.13 bits per heavy atom. The molecule has 1 rings (SSSR count). The van der Waals surface area contributed by atoms with Crippen molar-refractivity contribution >= 4 is 29.1 Å². The first-order valence-corrected chi connectivity index (χ1v) is 6.70. The third kappa shape index (κ3) is 3.54. The predicted molar refractivity (Wildman–Crippen MR) is 67.0 cm³/mol. The Bertz CT molecular complexity index is 349. The largest absolute Gasteiger partial charge is 0.298 e. The van der Waals surface area contributed by atoms with Gasteiger partial charge in [-0.1, -0.05) is 13.0 Å². The normalized spacial score (nSPS) is 10.3. The van der Waals surface area contributed by atoms with E-state index < -0.39 is 0 Å². The summed E-state index contributed by atoms with van der Waals surface area (Å²) in [5.74, 6) is 0.191. The Morgan fingerprint density at radius 3 is 2.67 bits per heavy atom. The number of ketones is 1. The van der Waals surface area contributed by atoms with E-state index in [0.29, 0.717) is 6.42 Å². The van der Waals surface area contributed by atoms with Crippen LogP contribution < -0.4 is 0 Å². The number of rotatable bonds is 5. The van der Waals surface area contributed by atoms with Gasteiger partial charge in [0.15, 0.2) is 5.78 Å². The van der Waals surface area contributed by atoms with Gasteiger partial charge in [0.05, 0.1) is 5.88 Å². The third-order valence-electron chi connectivity index (χ3n) is 2.33. The first-order chi connectivity index (χ1) is 7.21. The highest BCUT2D eigenvalue weighted by Crippen LogP contribution is 2.20. The van der Waals surface area contributed by atoms with Gasteiger partial charge in [-0.2, -0.15) is 0 Å². The van der Waals surface area contributed by atoms with E-state index in [4.69, 9.17) is 11.6 Å².